The monoisotopic (exact) mass is 654 g/mol. The summed E-state index contributed by atoms with van der Waals surface area (Å²) in [7, 11) is 0. The normalized spacial score (nSPS) is 13.3. The Morgan fingerprint density at radius 1 is 0.854 bits per heavy atom. The Hall–Kier alpha value is -5.33. The lowest BCUT2D eigenvalue weighted by Gasteiger charge is -2.32. The number of nitrogens with two attached hydrogens (primary N) is 1. The number of nitrogens with zero attached hydrogens (tertiary/aromatic N) is 2. The Kier molecular flexibility index (Phi) is 12.2. The van der Waals surface area contributed by atoms with Gasteiger partial charge in [0.05, 0.1) is 24.1 Å². The van der Waals surface area contributed by atoms with Crippen LogP contribution in [-0.2, 0) is 27.3 Å². The van der Waals surface area contributed by atoms with Gasteiger partial charge in [0.15, 0.2) is 0 Å². The van der Waals surface area contributed by atoms with Gasteiger partial charge in [-0.2, -0.15) is 0 Å². The molecule has 0 aliphatic carbocycles. The maximum atomic E-state index is 13.7. The second kappa shape index (κ2) is 16.5. The Labute approximate surface area is 279 Å². The van der Waals surface area contributed by atoms with Crippen LogP contribution < -0.4 is 21.8 Å². The summed E-state index contributed by atoms with van der Waals surface area (Å²) in [4.78, 5) is 56.0. The molecule has 0 radical (unpaired) electrons. The molecule has 3 aromatic carbocycles. The molecule has 0 fully saturated rings. The van der Waals surface area contributed by atoms with Crippen molar-refractivity contribution in [1.82, 2.24) is 26.1 Å². The van der Waals surface area contributed by atoms with Crippen LogP contribution in [0.25, 0.3) is 10.9 Å². The minimum Gasteiger partial charge on any atom is -0.443 e. The predicted octanol–water partition coefficient (Wildman–Crippen LogP) is 3.24. The fourth-order valence-electron chi connectivity index (χ4n) is 5.01. The van der Waals surface area contributed by atoms with Gasteiger partial charge in [0.25, 0.3) is 5.91 Å². The quantitative estimate of drug-likeness (QED) is 0.129. The zero-order valence-corrected chi connectivity index (χ0v) is 27.3. The molecule has 3 atom stereocenters. The number of carbonyl (C=O) groups is 4. The number of amides is 4. The average Bonchev–Trinajstić information content (AvgIpc) is 3.03. The number of hydrogen-bond donors (Lipinski definition) is 5. The number of aromatic nitrogens is 1. The summed E-state index contributed by atoms with van der Waals surface area (Å²) in [6.45, 7) is 5.34. The van der Waals surface area contributed by atoms with E-state index < -0.39 is 54.0 Å². The fourth-order valence-corrected chi connectivity index (χ4v) is 5.01. The second-order valence-corrected chi connectivity index (χ2v) is 12.4. The number of pyridine rings is 1. The van der Waals surface area contributed by atoms with E-state index in [1.165, 1.54) is 11.1 Å². The molecule has 0 spiro atoms. The van der Waals surface area contributed by atoms with Crippen LogP contribution in [0.5, 0.6) is 0 Å². The molecule has 4 amide bonds. The number of aliphatic hydroxyl groups is 1. The van der Waals surface area contributed by atoms with Crippen molar-refractivity contribution in [3.8, 4) is 0 Å². The van der Waals surface area contributed by atoms with E-state index in [1.54, 1.807) is 39.0 Å². The van der Waals surface area contributed by atoms with Crippen molar-refractivity contribution < 1.29 is 29.0 Å². The third kappa shape index (κ3) is 11.2. The topological polar surface area (TPSA) is 176 Å². The molecule has 1 heterocycles. The van der Waals surface area contributed by atoms with Crippen LogP contribution in [-0.4, -0.2) is 69.2 Å². The average molecular weight is 655 g/mol. The molecule has 0 saturated heterocycles. The molecule has 0 saturated carbocycles. The van der Waals surface area contributed by atoms with Crippen LogP contribution >= 0.6 is 0 Å². The summed E-state index contributed by atoms with van der Waals surface area (Å²) in [6.07, 6.45) is -2.23. The third-order valence-corrected chi connectivity index (χ3v) is 7.22. The summed E-state index contributed by atoms with van der Waals surface area (Å²) >= 11 is 0. The number of nitrogens with one attached hydrogen (secondary N) is 3. The van der Waals surface area contributed by atoms with E-state index >= 15 is 0 Å². The van der Waals surface area contributed by atoms with Gasteiger partial charge in [0.2, 0.25) is 11.8 Å². The number of rotatable bonds is 14. The lowest BCUT2D eigenvalue weighted by molar-refractivity contribution is -0.128. The van der Waals surface area contributed by atoms with E-state index in [2.05, 4.69) is 21.0 Å². The first kappa shape index (κ1) is 35.5. The molecule has 12 heteroatoms. The fraction of sp³-hybridized carbons (Fsp3) is 0.306. The van der Waals surface area contributed by atoms with Gasteiger partial charge in [-0.1, -0.05) is 84.9 Å². The van der Waals surface area contributed by atoms with Crippen LogP contribution in [0.15, 0.2) is 97.1 Å². The molecule has 1 aromatic heterocycles. The van der Waals surface area contributed by atoms with Crippen molar-refractivity contribution in [2.24, 2.45) is 5.73 Å². The van der Waals surface area contributed by atoms with Gasteiger partial charge >= 0.3 is 6.09 Å². The first-order valence-corrected chi connectivity index (χ1v) is 15.6. The number of carbonyl (C=O) groups excluding carboxylic acids is 4. The number of fused-ring (bicyclic) bond motifs is 1. The zero-order chi connectivity index (χ0) is 34.7. The molecule has 4 aromatic rings. The summed E-state index contributed by atoms with van der Waals surface area (Å²) in [5.74, 6) is -2.20. The molecule has 48 heavy (non-hydrogen) atoms. The predicted molar refractivity (Wildman–Crippen MR) is 181 cm³/mol. The number of benzene rings is 3. The van der Waals surface area contributed by atoms with Gasteiger partial charge in [-0.15, -0.1) is 0 Å². The molecule has 12 nitrogen and oxygen atoms in total. The van der Waals surface area contributed by atoms with E-state index in [4.69, 9.17) is 10.5 Å². The van der Waals surface area contributed by atoms with Gasteiger partial charge < -0.3 is 26.2 Å². The van der Waals surface area contributed by atoms with Crippen LogP contribution in [0, 0.1) is 0 Å². The van der Waals surface area contributed by atoms with Crippen molar-refractivity contribution >= 4 is 34.7 Å². The second-order valence-electron chi connectivity index (χ2n) is 12.4. The molecule has 6 N–H and O–H groups in total. The van der Waals surface area contributed by atoms with Gasteiger partial charge in [-0.3, -0.25) is 19.8 Å². The maximum Gasteiger partial charge on any atom is 0.422 e. The summed E-state index contributed by atoms with van der Waals surface area (Å²) in [5, 5.41) is 19.3. The minimum atomic E-state index is -1.35. The minimum absolute atomic E-state index is 0.0570. The smallest absolute Gasteiger partial charge is 0.422 e. The van der Waals surface area contributed by atoms with Gasteiger partial charge in [0.1, 0.15) is 17.3 Å². The highest BCUT2D eigenvalue weighted by Gasteiger charge is 2.30. The Balaban J connectivity index is 1.55. The SMILES string of the molecule is CC(C)(C)OC(=O)NN(Cc1ccccc1)CC(O)C(Cc1ccccc1)NC(=O)[C@H](CC(N)=O)NC(=O)c1ccc2ccccc2n1. The highest BCUT2D eigenvalue weighted by atomic mass is 16.6. The summed E-state index contributed by atoms with van der Waals surface area (Å²) < 4.78 is 5.44. The Morgan fingerprint density at radius 3 is 2.12 bits per heavy atom. The molecule has 4 rings (SSSR count). The highest BCUT2D eigenvalue weighted by Crippen LogP contribution is 2.14. The van der Waals surface area contributed by atoms with Crippen LogP contribution in [0.3, 0.4) is 0 Å². The Morgan fingerprint density at radius 2 is 1.48 bits per heavy atom. The lowest BCUT2D eigenvalue weighted by Crippen LogP contribution is -2.57. The van der Waals surface area contributed by atoms with E-state index in [-0.39, 0.29) is 25.2 Å². The van der Waals surface area contributed by atoms with E-state index in [9.17, 15) is 24.3 Å². The number of hydrazine groups is 1. The first-order valence-electron chi connectivity index (χ1n) is 15.6. The van der Waals surface area contributed by atoms with Gasteiger partial charge in [0, 0.05) is 18.5 Å². The van der Waals surface area contributed by atoms with Crippen molar-refractivity contribution in [3.05, 3.63) is 114 Å². The van der Waals surface area contributed by atoms with Crippen molar-refractivity contribution in [2.75, 3.05) is 6.54 Å². The van der Waals surface area contributed by atoms with Crippen LogP contribution in [0.2, 0.25) is 0 Å². The zero-order valence-electron chi connectivity index (χ0n) is 27.3. The number of primary amides is 1. The number of ether oxygens (including phenoxy) is 1. The maximum absolute atomic E-state index is 13.7. The molecular weight excluding hydrogens is 612 g/mol. The third-order valence-electron chi connectivity index (χ3n) is 7.22. The van der Waals surface area contributed by atoms with Crippen molar-refractivity contribution in [3.63, 3.8) is 0 Å². The number of hydrogen-bond acceptors (Lipinski definition) is 8. The lowest BCUT2D eigenvalue weighted by atomic mass is 10.00. The number of para-hydroxylation sites is 1. The van der Waals surface area contributed by atoms with Crippen molar-refractivity contribution in [2.45, 2.75) is 63.9 Å². The van der Waals surface area contributed by atoms with E-state index in [0.29, 0.717) is 5.52 Å². The van der Waals surface area contributed by atoms with Crippen LogP contribution in [0.4, 0.5) is 4.79 Å². The van der Waals surface area contributed by atoms with E-state index in [0.717, 1.165) is 16.5 Å². The largest absolute Gasteiger partial charge is 0.443 e. The molecule has 252 valence electrons. The molecule has 0 bridgehead atoms. The Bertz CT molecular complexity index is 1700. The summed E-state index contributed by atoms with van der Waals surface area (Å²) in [6, 6.07) is 26.8. The molecular formula is C36H42N6O6. The molecule has 0 aliphatic heterocycles. The van der Waals surface area contributed by atoms with E-state index in [1.807, 2.05) is 72.8 Å². The number of aliphatic hydroxyl groups excluding tert-OH is 1. The van der Waals surface area contributed by atoms with Gasteiger partial charge in [-0.25, -0.2) is 14.8 Å². The van der Waals surface area contributed by atoms with Gasteiger partial charge in [-0.05, 0) is 50.5 Å². The highest BCUT2D eigenvalue weighted by molar-refractivity contribution is 5.99. The summed E-state index contributed by atoms with van der Waals surface area (Å²) in [5.41, 5.74) is 9.73. The standard InChI is InChI=1S/C36H42N6O6/c1-36(2,3)48-35(47)41-42(22-25-14-8-5-9-15-25)23-31(43)29(20-24-12-6-4-7-13-24)39-34(46)30(21-32(37)44)40-33(45)28-19-18-26-16-10-11-17-27(26)38-28/h4-19,29-31,43H,20-23H2,1-3H3,(H2,37,44)(H,39,46)(H,40,45)(H,41,47)/t29?,30-,31?/m0/s1. The molecule has 2 unspecified atom stereocenters. The van der Waals surface area contributed by atoms with Crippen molar-refractivity contribution in [1.29, 1.82) is 0 Å². The first-order chi connectivity index (χ1) is 22.9. The van der Waals surface area contributed by atoms with Crippen LogP contribution in [0.1, 0.15) is 48.8 Å². The molecule has 0 aliphatic rings.